The third kappa shape index (κ3) is 4.58. The lowest BCUT2D eigenvalue weighted by molar-refractivity contribution is 1.18. The fourth-order valence-corrected chi connectivity index (χ4v) is 7.79. The summed E-state index contributed by atoms with van der Waals surface area (Å²) in [6.07, 6.45) is 0. The third-order valence-electron chi connectivity index (χ3n) is 9.87. The van der Waals surface area contributed by atoms with Crippen molar-refractivity contribution in [2.24, 2.45) is 0 Å². The molecule has 0 unspecified atom stereocenters. The molecule has 0 N–H and O–H groups in total. The Kier molecular flexibility index (Phi) is 6.93. The fourth-order valence-electron chi connectivity index (χ4n) is 7.79. The first-order chi connectivity index (χ1) is 25.2. The van der Waals surface area contributed by atoms with E-state index < -0.39 is 0 Å². The molecule has 0 saturated carbocycles. The van der Waals surface area contributed by atoms with Gasteiger partial charge in [0.2, 0.25) is 0 Å². The van der Waals surface area contributed by atoms with E-state index in [0.29, 0.717) is 16.7 Å². The van der Waals surface area contributed by atoms with E-state index in [0.717, 1.165) is 82.4 Å². The van der Waals surface area contributed by atoms with Gasteiger partial charge in [-0.15, -0.1) is 0 Å². The normalized spacial score (nSPS) is 11.1. The lowest BCUT2D eigenvalue weighted by atomic mass is 9.81. The van der Waals surface area contributed by atoms with Crippen LogP contribution >= 0.6 is 0 Å². The van der Waals surface area contributed by atoms with Crippen molar-refractivity contribution in [2.45, 2.75) is 0 Å². The van der Waals surface area contributed by atoms with Gasteiger partial charge in [-0.1, -0.05) is 115 Å². The van der Waals surface area contributed by atoms with Gasteiger partial charge in [-0.2, -0.15) is 15.8 Å². The SMILES string of the molecule is N#Cc1cc(C#N)c(-c2c3ccccc3c(-c3ccccc3)c3ccccc23)c(-c2ccccc2-n2c3ccccc3c3cc(C#N)ccc32)c1. The number of fused-ring (bicyclic) bond motifs is 5. The molecule has 0 radical (unpaired) electrons. The number of nitrogens with zero attached hydrogens (tertiary/aromatic N) is 4. The van der Waals surface area contributed by atoms with Crippen molar-refractivity contribution >= 4 is 43.4 Å². The Morgan fingerprint density at radius 1 is 0.373 bits per heavy atom. The first-order valence-electron chi connectivity index (χ1n) is 16.7. The van der Waals surface area contributed by atoms with Gasteiger partial charge in [-0.05, 0) is 86.3 Å². The van der Waals surface area contributed by atoms with Gasteiger partial charge in [0.05, 0.1) is 51.6 Å². The molecule has 0 aliphatic carbocycles. The number of rotatable bonds is 4. The largest absolute Gasteiger partial charge is 0.309 e. The highest BCUT2D eigenvalue weighted by Gasteiger charge is 2.24. The molecule has 0 aliphatic rings. The van der Waals surface area contributed by atoms with Gasteiger partial charge in [0, 0.05) is 21.9 Å². The van der Waals surface area contributed by atoms with Crippen LogP contribution in [0.3, 0.4) is 0 Å². The maximum atomic E-state index is 10.8. The lowest BCUT2D eigenvalue weighted by Gasteiger charge is -2.22. The molecule has 1 aromatic heterocycles. The van der Waals surface area contributed by atoms with E-state index in [2.05, 4.69) is 108 Å². The second kappa shape index (κ2) is 11.9. The summed E-state index contributed by atoms with van der Waals surface area (Å²) < 4.78 is 2.23. The van der Waals surface area contributed by atoms with Crippen LogP contribution < -0.4 is 0 Å². The van der Waals surface area contributed by atoms with Gasteiger partial charge in [-0.3, -0.25) is 0 Å². The first kappa shape index (κ1) is 29.7. The Hall–Kier alpha value is -7.45. The zero-order valence-corrected chi connectivity index (χ0v) is 27.3. The second-order valence-electron chi connectivity index (χ2n) is 12.6. The lowest BCUT2D eigenvalue weighted by Crippen LogP contribution is -2.01. The highest BCUT2D eigenvalue weighted by atomic mass is 15.0. The van der Waals surface area contributed by atoms with Crippen LogP contribution in [0.25, 0.3) is 82.4 Å². The van der Waals surface area contributed by atoms with Crippen LogP contribution in [-0.2, 0) is 0 Å². The van der Waals surface area contributed by atoms with Crippen molar-refractivity contribution in [2.75, 3.05) is 0 Å². The van der Waals surface area contributed by atoms with Crippen molar-refractivity contribution in [3.05, 3.63) is 174 Å². The summed E-state index contributed by atoms with van der Waals surface area (Å²) in [6.45, 7) is 0. The van der Waals surface area contributed by atoms with Crippen LogP contribution in [-0.4, -0.2) is 4.57 Å². The molecule has 1 heterocycles. The summed E-state index contributed by atoms with van der Waals surface area (Å²) in [5.74, 6) is 0. The molecule has 9 aromatic rings. The predicted octanol–water partition coefficient (Wildman–Crippen LogP) is 11.7. The van der Waals surface area contributed by atoms with Gasteiger partial charge in [-0.25, -0.2) is 0 Å². The minimum absolute atomic E-state index is 0.413. The van der Waals surface area contributed by atoms with E-state index in [9.17, 15) is 15.8 Å². The summed E-state index contributed by atoms with van der Waals surface area (Å²) in [6, 6.07) is 60.2. The zero-order chi connectivity index (χ0) is 34.5. The van der Waals surface area contributed by atoms with Crippen LogP contribution in [0.1, 0.15) is 16.7 Å². The van der Waals surface area contributed by atoms with Crippen molar-refractivity contribution in [3.63, 3.8) is 0 Å². The van der Waals surface area contributed by atoms with E-state index in [1.807, 2.05) is 66.7 Å². The van der Waals surface area contributed by atoms with Gasteiger partial charge < -0.3 is 4.57 Å². The molecule has 8 aromatic carbocycles. The molecular formula is C47H26N4. The van der Waals surface area contributed by atoms with Crippen molar-refractivity contribution in [1.82, 2.24) is 4.57 Å². The van der Waals surface area contributed by atoms with Crippen LogP contribution in [0.5, 0.6) is 0 Å². The number of nitriles is 3. The van der Waals surface area contributed by atoms with E-state index >= 15 is 0 Å². The molecule has 4 heteroatoms. The molecule has 0 spiro atoms. The van der Waals surface area contributed by atoms with Crippen molar-refractivity contribution < 1.29 is 0 Å². The summed E-state index contributed by atoms with van der Waals surface area (Å²) in [4.78, 5) is 0. The monoisotopic (exact) mass is 646 g/mol. The van der Waals surface area contributed by atoms with Crippen molar-refractivity contribution in [1.29, 1.82) is 15.8 Å². The number of benzene rings is 8. The number of aromatic nitrogens is 1. The maximum Gasteiger partial charge on any atom is 0.0998 e. The van der Waals surface area contributed by atoms with Crippen molar-refractivity contribution in [3.8, 4) is 57.3 Å². The highest BCUT2D eigenvalue weighted by Crippen LogP contribution is 2.48. The molecule has 4 nitrogen and oxygen atoms in total. The zero-order valence-electron chi connectivity index (χ0n) is 27.3. The quantitative estimate of drug-likeness (QED) is 0.179. The second-order valence-corrected chi connectivity index (χ2v) is 12.6. The standard InChI is InChI=1S/C47H26N4/c48-27-30-22-23-44-40(25-30)34-14-8-10-20-42(34)51(44)43-21-11-9-15-35(43)41-26-31(28-49)24-33(29-50)46(41)47-38-18-6-4-16-36(38)45(32-12-2-1-3-13-32)37-17-5-7-19-39(37)47/h1-26H. The van der Waals surface area contributed by atoms with E-state index in [-0.39, 0.29) is 0 Å². The molecule has 0 aliphatic heterocycles. The third-order valence-corrected chi connectivity index (χ3v) is 9.87. The van der Waals surface area contributed by atoms with Gasteiger partial charge in [0.25, 0.3) is 0 Å². The minimum atomic E-state index is 0.413. The van der Waals surface area contributed by atoms with E-state index in [1.54, 1.807) is 6.07 Å². The van der Waals surface area contributed by atoms with Gasteiger partial charge >= 0.3 is 0 Å². The van der Waals surface area contributed by atoms with E-state index in [4.69, 9.17) is 0 Å². The molecule has 0 bridgehead atoms. The Bertz CT molecular complexity index is 2940. The fraction of sp³-hybridized carbons (Fsp3) is 0. The average molecular weight is 647 g/mol. The molecule has 0 saturated heterocycles. The highest BCUT2D eigenvalue weighted by molar-refractivity contribution is 6.23. The molecule has 0 atom stereocenters. The van der Waals surface area contributed by atoms with Crippen LogP contribution in [0, 0.1) is 34.0 Å². The molecule has 0 amide bonds. The van der Waals surface area contributed by atoms with E-state index in [1.165, 1.54) is 0 Å². The Morgan fingerprint density at radius 2 is 0.941 bits per heavy atom. The Morgan fingerprint density at radius 3 is 1.61 bits per heavy atom. The topological polar surface area (TPSA) is 76.3 Å². The Labute approximate surface area is 294 Å². The summed E-state index contributed by atoms with van der Waals surface area (Å²) in [5.41, 5.74) is 9.98. The number of hydrogen-bond donors (Lipinski definition) is 0. The molecule has 51 heavy (non-hydrogen) atoms. The molecular weight excluding hydrogens is 621 g/mol. The smallest absolute Gasteiger partial charge is 0.0998 e. The Balaban J connectivity index is 1.44. The molecule has 0 fully saturated rings. The maximum absolute atomic E-state index is 10.8. The van der Waals surface area contributed by atoms with Crippen LogP contribution in [0.2, 0.25) is 0 Å². The molecule has 234 valence electrons. The van der Waals surface area contributed by atoms with Gasteiger partial charge in [0.15, 0.2) is 0 Å². The van der Waals surface area contributed by atoms with Crippen LogP contribution in [0.15, 0.2) is 158 Å². The molecule has 9 rings (SSSR count). The summed E-state index contributed by atoms with van der Waals surface area (Å²) >= 11 is 0. The minimum Gasteiger partial charge on any atom is -0.309 e. The predicted molar refractivity (Wildman–Crippen MR) is 206 cm³/mol. The summed E-state index contributed by atoms with van der Waals surface area (Å²) in [5, 5.41) is 37.1. The summed E-state index contributed by atoms with van der Waals surface area (Å²) in [7, 11) is 0. The number of hydrogen-bond acceptors (Lipinski definition) is 3. The van der Waals surface area contributed by atoms with Gasteiger partial charge in [0.1, 0.15) is 0 Å². The average Bonchev–Trinajstić information content (AvgIpc) is 3.53. The van der Waals surface area contributed by atoms with Crippen LogP contribution in [0.4, 0.5) is 0 Å². The first-order valence-corrected chi connectivity index (χ1v) is 16.7. The number of para-hydroxylation sites is 2.